The van der Waals surface area contributed by atoms with Gasteiger partial charge < -0.3 is 14.4 Å². The van der Waals surface area contributed by atoms with Gasteiger partial charge in [0.25, 0.3) is 0 Å². The molecule has 2 rings (SSSR count). The molecule has 1 aliphatic rings. The van der Waals surface area contributed by atoms with Crippen molar-refractivity contribution in [3.05, 3.63) is 24.3 Å². The van der Waals surface area contributed by atoms with Gasteiger partial charge in [-0.2, -0.15) is 0 Å². The van der Waals surface area contributed by atoms with Crippen molar-refractivity contribution < 1.29 is 14.3 Å². The van der Waals surface area contributed by atoms with E-state index in [-0.39, 0.29) is 6.09 Å². The Labute approximate surface area is 183 Å². The molecule has 1 aromatic carbocycles. The topological polar surface area (TPSA) is 50.8 Å². The predicted octanol–water partition coefficient (Wildman–Crippen LogP) is 6.63. The number of hydrogen-bond acceptors (Lipinski definition) is 4. The molecule has 30 heavy (non-hydrogen) atoms. The number of nitrogens with one attached hydrogen (secondary N) is 1. The Hall–Kier alpha value is -1.75. The van der Waals surface area contributed by atoms with Gasteiger partial charge in [-0.3, -0.25) is 5.32 Å². The Kier molecular flexibility index (Phi) is 13.1. The van der Waals surface area contributed by atoms with Crippen molar-refractivity contribution >= 4 is 11.8 Å². The highest BCUT2D eigenvalue weighted by Gasteiger charge is 2.10. The molecule has 5 nitrogen and oxygen atoms in total. The maximum absolute atomic E-state index is 11.9. The van der Waals surface area contributed by atoms with Crippen molar-refractivity contribution in [1.29, 1.82) is 0 Å². The van der Waals surface area contributed by atoms with Crippen LogP contribution >= 0.6 is 0 Å². The Morgan fingerprint density at radius 3 is 2.23 bits per heavy atom. The number of likely N-dealkylation sites (tertiary alicyclic amines) is 1. The lowest BCUT2D eigenvalue weighted by molar-refractivity contribution is 0.148. The van der Waals surface area contributed by atoms with Gasteiger partial charge in [0.15, 0.2) is 0 Å². The highest BCUT2D eigenvalue weighted by atomic mass is 16.5. The van der Waals surface area contributed by atoms with Crippen LogP contribution in [0.5, 0.6) is 5.75 Å². The van der Waals surface area contributed by atoms with Crippen molar-refractivity contribution in [2.24, 2.45) is 0 Å². The summed E-state index contributed by atoms with van der Waals surface area (Å²) in [5, 5.41) is 2.78. The molecule has 0 aromatic heterocycles. The first-order valence-electron chi connectivity index (χ1n) is 12.2. The number of piperidine rings is 1. The fraction of sp³-hybridized carbons (Fsp3) is 0.720. The Balaban J connectivity index is 1.48. The van der Waals surface area contributed by atoms with E-state index in [2.05, 4.69) is 17.1 Å². The molecule has 0 unspecified atom stereocenters. The molecule has 1 amide bonds. The maximum Gasteiger partial charge on any atom is 0.411 e. The van der Waals surface area contributed by atoms with Crippen LogP contribution in [0.25, 0.3) is 0 Å². The second-order valence-electron chi connectivity index (χ2n) is 8.36. The molecule has 1 N–H and O–H groups in total. The van der Waals surface area contributed by atoms with Crippen molar-refractivity contribution in [2.75, 3.05) is 38.2 Å². The average Bonchev–Trinajstić information content (AvgIpc) is 2.77. The van der Waals surface area contributed by atoms with Gasteiger partial charge in [-0.05, 0) is 63.0 Å². The number of amides is 1. The molecule has 1 aliphatic heterocycles. The number of carbonyl (C=O) groups excluding carboxylic acids is 1. The number of ether oxygens (including phenoxy) is 2. The van der Waals surface area contributed by atoms with Gasteiger partial charge in [0.05, 0.1) is 13.2 Å². The minimum Gasteiger partial charge on any atom is -0.494 e. The number of unbranched alkanes of at least 4 members (excludes halogenated alkanes) is 7. The zero-order valence-electron chi connectivity index (χ0n) is 19.0. The standard InChI is InChI=1S/C25H42N2O3/c1-2-3-4-5-6-7-8-12-21-29-24-16-14-23(15-17-24)26-25(28)30-22-13-20-27-18-10-9-11-19-27/h14-17H,2-13,18-22H2,1H3,(H,26,28). The molecular weight excluding hydrogens is 376 g/mol. The summed E-state index contributed by atoms with van der Waals surface area (Å²) in [6.07, 6.45) is 14.8. The van der Waals surface area contributed by atoms with Crippen molar-refractivity contribution in [1.82, 2.24) is 4.90 Å². The molecule has 1 aromatic rings. The van der Waals surface area contributed by atoms with Crippen LogP contribution in [0.4, 0.5) is 10.5 Å². The molecule has 5 heteroatoms. The molecular formula is C25H42N2O3. The van der Waals surface area contributed by atoms with E-state index in [4.69, 9.17) is 9.47 Å². The fourth-order valence-corrected chi connectivity index (χ4v) is 3.85. The Morgan fingerprint density at radius 2 is 1.53 bits per heavy atom. The van der Waals surface area contributed by atoms with E-state index in [0.29, 0.717) is 6.61 Å². The summed E-state index contributed by atoms with van der Waals surface area (Å²) >= 11 is 0. The molecule has 170 valence electrons. The molecule has 1 heterocycles. The lowest BCUT2D eigenvalue weighted by Gasteiger charge is -2.26. The average molecular weight is 419 g/mol. The summed E-state index contributed by atoms with van der Waals surface area (Å²) in [6, 6.07) is 7.52. The van der Waals surface area contributed by atoms with Crippen LogP contribution in [-0.4, -0.2) is 43.8 Å². The normalized spacial score (nSPS) is 14.4. The second-order valence-corrected chi connectivity index (χ2v) is 8.36. The molecule has 0 saturated carbocycles. The second kappa shape index (κ2) is 16.0. The van der Waals surface area contributed by atoms with Crippen molar-refractivity contribution in [3.8, 4) is 5.75 Å². The third kappa shape index (κ3) is 11.4. The van der Waals surface area contributed by atoms with Gasteiger partial charge in [-0.25, -0.2) is 4.79 Å². The first kappa shape index (κ1) is 24.5. The van der Waals surface area contributed by atoms with Gasteiger partial charge in [0, 0.05) is 12.2 Å². The molecule has 0 radical (unpaired) electrons. The summed E-state index contributed by atoms with van der Waals surface area (Å²) in [6.45, 7) is 6.84. The lowest BCUT2D eigenvalue weighted by Crippen LogP contribution is -2.31. The monoisotopic (exact) mass is 418 g/mol. The molecule has 1 saturated heterocycles. The van der Waals surface area contributed by atoms with Crippen LogP contribution < -0.4 is 10.1 Å². The number of rotatable bonds is 15. The van der Waals surface area contributed by atoms with E-state index in [1.807, 2.05) is 24.3 Å². The first-order valence-corrected chi connectivity index (χ1v) is 12.2. The van der Waals surface area contributed by atoms with Crippen molar-refractivity contribution in [2.45, 2.75) is 84.0 Å². The van der Waals surface area contributed by atoms with Gasteiger partial charge >= 0.3 is 6.09 Å². The summed E-state index contributed by atoms with van der Waals surface area (Å²) in [4.78, 5) is 14.4. The van der Waals surface area contributed by atoms with Gasteiger partial charge in [0.1, 0.15) is 5.75 Å². The first-order chi connectivity index (χ1) is 14.8. The number of hydrogen-bond donors (Lipinski definition) is 1. The SMILES string of the molecule is CCCCCCCCCCOc1ccc(NC(=O)OCCCN2CCCCC2)cc1. The van der Waals surface area contributed by atoms with E-state index in [1.165, 1.54) is 77.3 Å². The number of anilines is 1. The Morgan fingerprint density at radius 1 is 0.867 bits per heavy atom. The van der Waals surface area contributed by atoms with E-state index < -0.39 is 0 Å². The minimum atomic E-state index is -0.388. The molecule has 0 aliphatic carbocycles. The van der Waals surface area contributed by atoms with Crippen LogP contribution in [0, 0.1) is 0 Å². The quantitative estimate of drug-likeness (QED) is 0.325. The molecule has 0 bridgehead atoms. The van der Waals surface area contributed by atoms with Crippen LogP contribution in [-0.2, 0) is 4.74 Å². The van der Waals surface area contributed by atoms with E-state index in [1.54, 1.807) is 0 Å². The van der Waals surface area contributed by atoms with Gasteiger partial charge in [0.2, 0.25) is 0 Å². The van der Waals surface area contributed by atoms with Gasteiger partial charge in [-0.15, -0.1) is 0 Å². The van der Waals surface area contributed by atoms with Crippen LogP contribution in [0.15, 0.2) is 24.3 Å². The molecule has 1 fully saturated rings. The van der Waals surface area contributed by atoms with E-state index in [0.717, 1.165) is 37.4 Å². The number of carbonyl (C=O) groups is 1. The smallest absolute Gasteiger partial charge is 0.411 e. The summed E-state index contributed by atoms with van der Waals surface area (Å²) in [5.74, 6) is 0.846. The fourth-order valence-electron chi connectivity index (χ4n) is 3.85. The highest BCUT2D eigenvalue weighted by molar-refractivity contribution is 5.84. The number of nitrogens with zero attached hydrogens (tertiary/aromatic N) is 1. The summed E-state index contributed by atoms with van der Waals surface area (Å²) in [5.41, 5.74) is 0.732. The van der Waals surface area contributed by atoms with Gasteiger partial charge in [-0.1, -0.05) is 58.3 Å². The zero-order valence-corrected chi connectivity index (χ0v) is 19.0. The molecule has 0 spiro atoms. The van der Waals surface area contributed by atoms with Crippen LogP contribution in [0.1, 0.15) is 84.0 Å². The van der Waals surface area contributed by atoms with E-state index >= 15 is 0 Å². The largest absolute Gasteiger partial charge is 0.494 e. The third-order valence-corrected chi connectivity index (χ3v) is 5.67. The highest BCUT2D eigenvalue weighted by Crippen LogP contribution is 2.17. The third-order valence-electron chi connectivity index (χ3n) is 5.67. The van der Waals surface area contributed by atoms with Crippen molar-refractivity contribution in [3.63, 3.8) is 0 Å². The predicted molar refractivity (Wildman–Crippen MR) is 124 cm³/mol. The lowest BCUT2D eigenvalue weighted by atomic mass is 10.1. The Bertz CT molecular complexity index is 556. The zero-order chi connectivity index (χ0) is 21.3. The van der Waals surface area contributed by atoms with Crippen LogP contribution in [0.3, 0.4) is 0 Å². The summed E-state index contributed by atoms with van der Waals surface area (Å²) < 4.78 is 11.1. The van der Waals surface area contributed by atoms with Crippen LogP contribution in [0.2, 0.25) is 0 Å². The molecule has 0 atom stereocenters. The summed E-state index contributed by atoms with van der Waals surface area (Å²) in [7, 11) is 0. The van der Waals surface area contributed by atoms with E-state index in [9.17, 15) is 4.79 Å². The maximum atomic E-state index is 11.9. The minimum absolute atomic E-state index is 0.388. The number of benzene rings is 1.